The highest BCUT2D eigenvalue weighted by Gasteiger charge is 2.21. The van der Waals surface area contributed by atoms with Gasteiger partial charge in [-0.25, -0.2) is 21.9 Å². The zero-order chi connectivity index (χ0) is 15.5. The Bertz CT molecular complexity index is 589. The predicted octanol–water partition coefficient (Wildman–Crippen LogP) is 0.964. The van der Waals surface area contributed by atoms with Gasteiger partial charge in [-0.05, 0) is 25.1 Å². The summed E-state index contributed by atoms with van der Waals surface area (Å²) in [4.78, 5) is 1.83. The number of nitrogens with one attached hydrogen (secondary N) is 1. The first-order valence-electron chi connectivity index (χ1n) is 6.66. The number of benzene rings is 1. The molecule has 1 aromatic carbocycles. The summed E-state index contributed by atoms with van der Waals surface area (Å²) >= 11 is 0. The number of morpholine rings is 1. The van der Waals surface area contributed by atoms with Crippen LogP contribution in [0.1, 0.15) is 6.92 Å². The lowest BCUT2D eigenvalue weighted by atomic mass is 10.2. The third kappa shape index (κ3) is 4.19. The first-order valence-corrected chi connectivity index (χ1v) is 8.15. The molecule has 1 N–H and O–H groups in total. The Morgan fingerprint density at radius 3 is 2.57 bits per heavy atom. The summed E-state index contributed by atoms with van der Waals surface area (Å²) in [5.74, 6) is -2.25. The van der Waals surface area contributed by atoms with Gasteiger partial charge in [-0.15, -0.1) is 0 Å². The van der Waals surface area contributed by atoms with Crippen LogP contribution in [-0.2, 0) is 14.8 Å². The maximum atomic E-state index is 13.1. The molecule has 1 atom stereocenters. The first kappa shape index (κ1) is 16.3. The van der Waals surface area contributed by atoms with Crippen molar-refractivity contribution in [3.05, 3.63) is 29.8 Å². The van der Waals surface area contributed by atoms with E-state index in [0.29, 0.717) is 19.3 Å². The van der Waals surface area contributed by atoms with Gasteiger partial charge in [-0.3, -0.25) is 4.90 Å². The largest absolute Gasteiger partial charge is 0.379 e. The van der Waals surface area contributed by atoms with E-state index in [1.165, 1.54) is 0 Å². The molecule has 2 rings (SSSR count). The van der Waals surface area contributed by atoms with Crippen molar-refractivity contribution in [2.45, 2.75) is 17.9 Å². The molecule has 1 aliphatic heterocycles. The van der Waals surface area contributed by atoms with Crippen molar-refractivity contribution in [3.8, 4) is 0 Å². The highest BCUT2D eigenvalue weighted by Crippen LogP contribution is 2.14. The molecule has 1 aliphatic rings. The van der Waals surface area contributed by atoms with Crippen LogP contribution in [0.2, 0.25) is 0 Å². The van der Waals surface area contributed by atoms with Gasteiger partial charge in [0.25, 0.3) is 0 Å². The summed E-state index contributed by atoms with van der Waals surface area (Å²) < 4.78 is 57.7. The van der Waals surface area contributed by atoms with Crippen molar-refractivity contribution >= 4 is 10.0 Å². The van der Waals surface area contributed by atoms with Gasteiger partial charge in [-0.1, -0.05) is 0 Å². The highest BCUT2D eigenvalue weighted by molar-refractivity contribution is 7.89. The van der Waals surface area contributed by atoms with Gasteiger partial charge in [0.1, 0.15) is 0 Å². The standard InChI is InChI=1S/C13H18F2N2O3S/c1-10(17-4-6-20-7-5-17)9-16-21(18,19)11-2-3-12(14)13(15)8-11/h2-3,8,10,16H,4-7,9H2,1H3. The van der Waals surface area contributed by atoms with E-state index >= 15 is 0 Å². The fourth-order valence-corrected chi connectivity index (χ4v) is 3.24. The van der Waals surface area contributed by atoms with E-state index in [2.05, 4.69) is 9.62 Å². The van der Waals surface area contributed by atoms with Crippen LogP contribution in [0.15, 0.2) is 23.1 Å². The maximum absolute atomic E-state index is 13.1. The van der Waals surface area contributed by atoms with Gasteiger partial charge in [-0.2, -0.15) is 0 Å². The van der Waals surface area contributed by atoms with Gasteiger partial charge < -0.3 is 4.74 Å². The summed E-state index contributed by atoms with van der Waals surface area (Å²) in [7, 11) is -3.85. The van der Waals surface area contributed by atoms with Gasteiger partial charge in [0.05, 0.1) is 18.1 Å². The zero-order valence-corrected chi connectivity index (χ0v) is 12.5. The molecule has 0 amide bonds. The number of hydrogen-bond donors (Lipinski definition) is 1. The van der Waals surface area contributed by atoms with Crippen molar-refractivity contribution in [1.29, 1.82) is 0 Å². The number of nitrogens with zero attached hydrogens (tertiary/aromatic N) is 1. The second-order valence-corrected chi connectivity index (χ2v) is 6.69. The molecular weight excluding hydrogens is 302 g/mol. The normalized spacial score (nSPS) is 18.6. The molecular formula is C13H18F2N2O3S. The summed E-state index contributed by atoms with van der Waals surface area (Å²) in [6.45, 7) is 4.84. The molecule has 0 bridgehead atoms. The molecule has 1 saturated heterocycles. The van der Waals surface area contributed by atoms with Crippen LogP contribution in [0.3, 0.4) is 0 Å². The van der Waals surface area contributed by atoms with Gasteiger partial charge in [0, 0.05) is 25.7 Å². The monoisotopic (exact) mass is 320 g/mol. The van der Waals surface area contributed by atoms with Crippen molar-refractivity contribution in [1.82, 2.24) is 9.62 Å². The van der Waals surface area contributed by atoms with E-state index in [0.717, 1.165) is 25.2 Å². The van der Waals surface area contributed by atoms with E-state index < -0.39 is 21.7 Å². The van der Waals surface area contributed by atoms with Crippen LogP contribution in [0.4, 0.5) is 8.78 Å². The topological polar surface area (TPSA) is 58.6 Å². The van der Waals surface area contributed by atoms with Gasteiger partial charge in [0.15, 0.2) is 11.6 Å². The predicted molar refractivity (Wildman–Crippen MR) is 73.4 cm³/mol. The summed E-state index contributed by atoms with van der Waals surface area (Å²) in [6.07, 6.45) is 0. The minimum atomic E-state index is -3.85. The van der Waals surface area contributed by atoms with Crippen LogP contribution in [0, 0.1) is 11.6 Å². The molecule has 0 radical (unpaired) electrons. The minimum absolute atomic E-state index is 0.00558. The van der Waals surface area contributed by atoms with Crippen LogP contribution in [-0.4, -0.2) is 52.2 Å². The molecule has 1 heterocycles. The molecule has 0 spiro atoms. The Morgan fingerprint density at radius 1 is 1.29 bits per heavy atom. The second kappa shape index (κ2) is 6.78. The minimum Gasteiger partial charge on any atom is -0.379 e. The van der Waals surface area contributed by atoms with Gasteiger partial charge in [0.2, 0.25) is 10.0 Å². The Labute approximate surface area is 122 Å². The number of hydrogen-bond acceptors (Lipinski definition) is 4. The van der Waals surface area contributed by atoms with Crippen LogP contribution in [0.25, 0.3) is 0 Å². The molecule has 0 saturated carbocycles. The van der Waals surface area contributed by atoms with E-state index in [4.69, 9.17) is 4.74 Å². The molecule has 21 heavy (non-hydrogen) atoms. The molecule has 0 aliphatic carbocycles. The fraction of sp³-hybridized carbons (Fsp3) is 0.538. The van der Waals surface area contributed by atoms with Gasteiger partial charge >= 0.3 is 0 Å². The van der Waals surface area contributed by atoms with E-state index in [1.54, 1.807) is 0 Å². The van der Waals surface area contributed by atoms with Crippen molar-refractivity contribution < 1.29 is 21.9 Å². The summed E-state index contributed by atoms with van der Waals surface area (Å²) in [5, 5.41) is 0. The summed E-state index contributed by atoms with van der Waals surface area (Å²) in [5.41, 5.74) is 0. The quantitative estimate of drug-likeness (QED) is 0.878. The second-order valence-electron chi connectivity index (χ2n) is 4.93. The number of rotatable bonds is 5. The molecule has 8 heteroatoms. The van der Waals surface area contributed by atoms with E-state index in [1.807, 2.05) is 6.92 Å². The van der Waals surface area contributed by atoms with E-state index in [9.17, 15) is 17.2 Å². The van der Waals surface area contributed by atoms with E-state index in [-0.39, 0.29) is 17.5 Å². The average Bonchev–Trinajstić information content (AvgIpc) is 2.48. The third-order valence-corrected chi connectivity index (χ3v) is 4.86. The average molecular weight is 320 g/mol. The number of ether oxygens (including phenoxy) is 1. The molecule has 0 aromatic heterocycles. The maximum Gasteiger partial charge on any atom is 0.240 e. The highest BCUT2D eigenvalue weighted by atomic mass is 32.2. The molecule has 118 valence electrons. The zero-order valence-electron chi connectivity index (χ0n) is 11.7. The fourth-order valence-electron chi connectivity index (χ4n) is 2.11. The number of halogens is 2. The lowest BCUT2D eigenvalue weighted by molar-refractivity contribution is 0.0213. The Balaban J connectivity index is 1.98. The van der Waals surface area contributed by atoms with Crippen LogP contribution < -0.4 is 4.72 Å². The third-order valence-electron chi connectivity index (χ3n) is 3.44. The van der Waals surface area contributed by atoms with Crippen molar-refractivity contribution in [2.24, 2.45) is 0 Å². The Kier molecular flexibility index (Phi) is 5.26. The molecule has 5 nitrogen and oxygen atoms in total. The molecule has 1 unspecified atom stereocenters. The lowest BCUT2D eigenvalue weighted by Crippen LogP contribution is -2.47. The SMILES string of the molecule is CC(CNS(=O)(=O)c1ccc(F)c(F)c1)N1CCOCC1. The Morgan fingerprint density at radius 2 is 1.95 bits per heavy atom. The smallest absolute Gasteiger partial charge is 0.240 e. The Hall–Kier alpha value is -1.09. The van der Waals surface area contributed by atoms with Crippen molar-refractivity contribution in [3.63, 3.8) is 0 Å². The van der Waals surface area contributed by atoms with Crippen molar-refractivity contribution in [2.75, 3.05) is 32.8 Å². The molecule has 1 fully saturated rings. The summed E-state index contributed by atoms with van der Waals surface area (Å²) in [6, 6.07) is 2.51. The lowest BCUT2D eigenvalue weighted by Gasteiger charge is -2.32. The molecule has 1 aromatic rings. The number of sulfonamides is 1. The first-order chi connectivity index (χ1) is 9.90. The van der Waals surface area contributed by atoms with Crippen LogP contribution in [0.5, 0.6) is 0 Å². The van der Waals surface area contributed by atoms with Crippen LogP contribution >= 0.6 is 0 Å².